The summed E-state index contributed by atoms with van der Waals surface area (Å²) < 4.78 is 5.29. The molecule has 22 heavy (non-hydrogen) atoms. The van der Waals surface area contributed by atoms with Crippen molar-refractivity contribution in [3.63, 3.8) is 0 Å². The molecule has 1 amide bonds. The van der Waals surface area contributed by atoms with Gasteiger partial charge in [0.1, 0.15) is 5.60 Å². The number of aromatic nitrogens is 2. The molecular weight excluding hydrogens is 304 g/mol. The summed E-state index contributed by atoms with van der Waals surface area (Å²) in [5.41, 5.74) is 0.799. The van der Waals surface area contributed by atoms with Crippen LogP contribution in [0.4, 0.5) is 10.5 Å². The van der Waals surface area contributed by atoms with E-state index in [2.05, 4.69) is 27.4 Å². The van der Waals surface area contributed by atoms with E-state index >= 15 is 0 Å². The number of ether oxygens (including phenoxy) is 1. The monoisotopic (exact) mass is 322 g/mol. The first-order valence-electron chi connectivity index (χ1n) is 6.99. The third-order valence-electron chi connectivity index (χ3n) is 2.96. The van der Waals surface area contributed by atoms with Crippen LogP contribution in [0, 0.1) is 17.8 Å². The standard InChI is InChI=1S/C15H19ClN4O2/c1-15(2,3)22-14(21)20-8-10(9-20)5-6-11-12(17-4)7-13(16)19-18-11/h7,10H,8-9H2,1-4H3,(H,17,19). The molecule has 1 aromatic heterocycles. The highest BCUT2D eigenvalue weighted by Gasteiger charge is 2.32. The van der Waals surface area contributed by atoms with E-state index in [0.29, 0.717) is 23.9 Å². The SMILES string of the molecule is CNc1cc(Cl)nnc1C#CC1CN(C(=O)OC(C)(C)C)C1. The van der Waals surface area contributed by atoms with E-state index < -0.39 is 5.60 Å². The maximum atomic E-state index is 11.8. The third-order valence-corrected chi connectivity index (χ3v) is 3.15. The minimum Gasteiger partial charge on any atom is -0.444 e. The molecule has 7 heteroatoms. The summed E-state index contributed by atoms with van der Waals surface area (Å²) in [7, 11) is 1.77. The largest absolute Gasteiger partial charge is 0.444 e. The van der Waals surface area contributed by atoms with Crippen molar-refractivity contribution in [1.29, 1.82) is 0 Å². The van der Waals surface area contributed by atoms with Crippen LogP contribution in [0.3, 0.4) is 0 Å². The number of carbonyl (C=O) groups is 1. The Labute approximate surface area is 135 Å². The molecule has 2 heterocycles. The number of nitrogens with one attached hydrogen (secondary N) is 1. The Kier molecular flexibility index (Phi) is 4.77. The molecule has 1 aromatic rings. The van der Waals surface area contributed by atoms with Crippen molar-refractivity contribution >= 4 is 23.4 Å². The number of halogens is 1. The van der Waals surface area contributed by atoms with Gasteiger partial charge in [-0.05, 0) is 26.7 Å². The summed E-state index contributed by atoms with van der Waals surface area (Å²) >= 11 is 5.78. The molecule has 2 rings (SSSR count). The maximum absolute atomic E-state index is 11.8. The molecule has 1 aliphatic heterocycles. The molecule has 118 valence electrons. The molecule has 1 aliphatic rings. The number of rotatable bonds is 1. The van der Waals surface area contributed by atoms with Crippen LogP contribution in [0.15, 0.2) is 6.07 Å². The Morgan fingerprint density at radius 2 is 2.14 bits per heavy atom. The summed E-state index contributed by atoms with van der Waals surface area (Å²) in [6, 6.07) is 1.67. The van der Waals surface area contributed by atoms with Crippen molar-refractivity contribution in [1.82, 2.24) is 15.1 Å². The number of likely N-dealkylation sites (tertiary alicyclic amines) is 1. The fourth-order valence-corrected chi connectivity index (χ4v) is 2.01. The highest BCUT2D eigenvalue weighted by Crippen LogP contribution is 2.20. The van der Waals surface area contributed by atoms with Crippen molar-refractivity contribution < 1.29 is 9.53 Å². The number of anilines is 1. The second-order valence-corrected chi connectivity index (χ2v) is 6.42. The number of hydrogen-bond donors (Lipinski definition) is 1. The van der Waals surface area contributed by atoms with Gasteiger partial charge in [0, 0.05) is 26.2 Å². The predicted molar refractivity (Wildman–Crippen MR) is 84.8 cm³/mol. The van der Waals surface area contributed by atoms with E-state index in [1.165, 1.54) is 0 Å². The van der Waals surface area contributed by atoms with Crippen LogP contribution in [0.5, 0.6) is 0 Å². The van der Waals surface area contributed by atoms with Crippen molar-refractivity contribution in [2.45, 2.75) is 26.4 Å². The van der Waals surface area contributed by atoms with Gasteiger partial charge in [-0.2, -0.15) is 0 Å². The molecule has 0 spiro atoms. The molecule has 0 unspecified atom stereocenters. The van der Waals surface area contributed by atoms with Gasteiger partial charge in [-0.25, -0.2) is 4.79 Å². The lowest BCUT2D eigenvalue weighted by molar-refractivity contribution is 0.00592. The van der Waals surface area contributed by atoms with Gasteiger partial charge in [0.2, 0.25) is 0 Å². The van der Waals surface area contributed by atoms with E-state index in [0.717, 1.165) is 5.69 Å². The van der Waals surface area contributed by atoms with Crippen LogP contribution in [0.2, 0.25) is 5.15 Å². The summed E-state index contributed by atoms with van der Waals surface area (Å²) in [5, 5.41) is 11.0. The van der Waals surface area contributed by atoms with E-state index in [9.17, 15) is 4.79 Å². The minimum absolute atomic E-state index is 0.120. The first-order valence-corrected chi connectivity index (χ1v) is 7.37. The van der Waals surface area contributed by atoms with Crippen LogP contribution < -0.4 is 5.32 Å². The van der Waals surface area contributed by atoms with Gasteiger partial charge in [0.05, 0.1) is 11.6 Å². The lowest BCUT2D eigenvalue weighted by Crippen LogP contribution is -2.51. The van der Waals surface area contributed by atoms with E-state index in [-0.39, 0.29) is 12.0 Å². The van der Waals surface area contributed by atoms with Crippen molar-refractivity contribution in [2.24, 2.45) is 5.92 Å². The second kappa shape index (κ2) is 6.41. The highest BCUT2D eigenvalue weighted by molar-refractivity contribution is 6.29. The average Bonchev–Trinajstić information content (AvgIpc) is 2.36. The molecule has 0 aromatic carbocycles. The fraction of sp³-hybridized carbons (Fsp3) is 0.533. The van der Waals surface area contributed by atoms with E-state index in [1.54, 1.807) is 18.0 Å². The molecule has 0 aliphatic carbocycles. The highest BCUT2D eigenvalue weighted by atomic mass is 35.5. The number of carbonyl (C=O) groups excluding carboxylic acids is 1. The van der Waals surface area contributed by atoms with E-state index in [4.69, 9.17) is 16.3 Å². The van der Waals surface area contributed by atoms with Crippen LogP contribution in [-0.2, 0) is 4.74 Å². The van der Waals surface area contributed by atoms with Gasteiger partial charge in [-0.3, -0.25) is 0 Å². The molecule has 6 nitrogen and oxygen atoms in total. The summed E-state index contributed by atoms with van der Waals surface area (Å²) in [5.74, 6) is 6.19. The minimum atomic E-state index is -0.478. The molecule has 0 bridgehead atoms. The zero-order valence-corrected chi connectivity index (χ0v) is 13.9. The molecule has 0 radical (unpaired) electrons. The second-order valence-electron chi connectivity index (χ2n) is 6.03. The van der Waals surface area contributed by atoms with Gasteiger partial charge in [-0.15, -0.1) is 10.2 Å². The Morgan fingerprint density at radius 3 is 2.73 bits per heavy atom. The first kappa shape index (κ1) is 16.4. The molecule has 0 saturated carbocycles. The van der Waals surface area contributed by atoms with Gasteiger partial charge < -0.3 is 15.0 Å². The van der Waals surface area contributed by atoms with Gasteiger partial charge in [0.15, 0.2) is 10.8 Å². The van der Waals surface area contributed by atoms with Crippen LogP contribution in [-0.4, -0.2) is 46.9 Å². The van der Waals surface area contributed by atoms with Crippen LogP contribution >= 0.6 is 11.6 Å². The fourth-order valence-electron chi connectivity index (χ4n) is 1.87. The lowest BCUT2D eigenvalue weighted by Gasteiger charge is -2.37. The third kappa shape index (κ3) is 4.25. The van der Waals surface area contributed by atoms with Gasteiger partial charge >= 0.3 is 6.09 Å². The topological polar surface area (TPSA) is 67.4 Å². The number of hydrogen-bond acceptors (Lipinski definition) is 5. The molecule has 0 atom stereocenters. The zero-order valence-electron chi connectivity index (χ0n) is 13.1. The van der Waals surface area contributed by atoms with Crippen molar-refractivity contribution in [3.05, 3.63) is 16.9 Å². The molecule has 1 fully saturated rings. The quantitative estimate of drug-likeness (QED) is 0.804. The van der Waals surface area contributed by atoms with Gasteiger partial charge in [-0.1, -0.05) is 17.5 Å². The lowest BCUT2D eigenvalue weighted by atomic mass is 10.0. The molecular formula is C15H19ClN4O2. The van der Waals surface area contributed by atoms with Crippen LogP contribution in [0.1, 0.15) is 26.5 Å². The summed E-state index contributed by atoms with van der Waals surface area (Å²) in [6.07, 6.45) is -0.298. The normalized spacial score (nSPS) is 14.7. The zero-order chi connectivity index (χ0) is 16.3. The average molecular weight is 323 g/mol. The Hall–Kier alpha value is -2.00. The van der Waals surface area contributed by atoms with Crippen LogP contribution in [0.25, 0.3) is 0 Å². The Morgan fingerprint density at radius 1 is 1.45 bits per heavy atom. The summed E-state index contributed by atoms with van der Waals surface area (Å²) in [4.78, 5) is 13.4. The van der Waals surface area contributed by atoms with Crippen molar-refractivity contribution in [3.8, 4) is 11.8 Å². The smallest absolute Gasteiger partial charge is 0.410 e. The Bertz CT molecular complexity index is 625. The molecule has 1 saturated heterocycles. The Balaban J connectivity index is 1.92. The number of nitrogens with zero attached hydrogens (tertiary/aromatic N) is 3. The maximum Gasteiger partial charge on any atom is 0.410 e. The van der Waals surface area contributed by atoms with Gasteiger partial charge in [0.25, 0.3) is 0 Å². The first-order chi connectivity index (χ1) is 10.3. The molecule has 1 N–H and O–H groups in total. The predicted octanol–water partition coefficient (Wildman–Crippen LogP) is 2.39. The van der Waals surface area contributed by atoms with Crippen molar-refractivity contribution in [2.75, 3.05) is 25.5 Å². The summed E-state index contributed by atoms with van der Waals surface area (Å²) in [6.45, 7) is 6.68. The number of amides is 1. The van der Waals surface area contributed by atoms with E-state index in [1.807, 2.05) is 20.8 Å².